The van der Waals surface area contributed by atoms with Gasteiger partial charge in [-0.05, 0) is 36.6 Å². The van der Waals surface area contributed by atoms with E-state index in [2.05, 4.69) is 23.0 Å². The Balaban J connectivity index is 1.60. The Hall–Kier alpha value is -1.70. The van der Waals surface area contributed by atoms with Crippen LogP contribution in [0.5, 0.6) is 0 Å². The molecule has 2 heteroatoms. The van der Waals surface area contributed by atoms with Crippen molar-refractivity contribution < 1.29 is 0 Å². The van der Waals surface area contributed by atoms with Crippen LogP contribution in [0.1, 0.15) is 83.1 Å². The molecule has 0 aliphatic heterocycles. The molecule has 0 saturated carbocycles. The van der Waals surface area contributed by atoms with E-state index in [1.54, 1.807) is 0 Å². The first-order valence-corrected chi connectivity index (χ1v) is 10.3. The number of rotatable bonds is 13. The predicted octanol–water partition coefficient (Wildman–Crippen LogP) is 7.00. The van der Waals surface area contributed by atoms with E-state index in [1.807, 2.05) is 36.7 Å². The maximum atomic E-state index is 4.56. The maximum Gasteiger partial charge on any atom is 0.0918 e. The fourth-order valence-corrected chi connectivity index (χ4v) is 3.35. The van der Waals surface area contributed by atoms with Crippen LogP contribution in [-0.2, 0) is 6.42 Å². The summed E-state index contributed by atoms with van der Waals surface area (Å²) in [5.41, 5.74) is 3.37. The van der Waals surface area contributed by atoms with Gasteiger partial charge in [0, 0.05) is 12.4 Å². The second kappa shape index (κ2) is 12.6. The smallest absolute Gasteiger partial charge is 0.0918 e. The molecule has 2 aromatic rings. The van der Waals surface area contributed by atoms with E-state index in [0.29, 0.717) is 0 Å². The van der Waals surface area contributed by atoms with Crippen LogP contribution in [0.4, 0.5) is 0 Å². The Kier molecular flexibility index (Phi) is 9.92. The van der Waals surface area contributed by atoms with Gasteiger partial charge in [0.05, 0.1) is 11.4 Å². The number of aryl methyl sites for hydroxylation is 1. The molecule has 0 aromatic carbocycles. The Bertz CT molecular complexity index is 565. The molecule has 0 fully saturated rings. The van der Waals surface area contributed by atoms with Crippen molar-refractivity contribution in [3.63, 3.8) is 0 Å². The normalized spacial score (nSPS) is 10.9. The lowest BCUT2D eigenvalue weighted by Crippen LogP contribution is -1.95. The van der Waals surface area contributed by atoms with E-state index < -0.39 is 0 Å². The molecule has 0 spiro atoms. The summed E-state index contributed by atoms with van der Waals surface area (Å²) in [5, 5.41) is 0. The third-order valence-corrected chi connectivity index (χ3v) is 4.85. The van der Waals surface area contributed by atoms with Crippen LogP contribution in [0.3, 0.4) is 0 Å². The van der Waals surface area contributed by atoms with Crippen LogP contribution in [0, 0.1) is 0 Å². The van der Waals surface area contributed by atoms with E-state index in [-0.39, 0.29) is 0 Å². The predicted molar refractivity (Wildman–Crippen MR) is 108 cm³/mol. The molecule has 0 aliphatic carbocycles. The summed E-state index contributed by atoms with van der Waals surface area (Å²) in [6.07, 6.45) is 20.1. The van der Waals surface area contributed by atoms with Gasteiger partial charge in [0.1, 0.15) is 0 Å². The minimum atomic E-state index is 0.987. The van der Waals surface area contributed by atoms with Crippen molar-refractivity contribution in [1.82, 2.24) is 9.97 Å². The Labute approximate surface area is 154 Å². The van der Waals surface area contributed by atoms with Crippen LogP contribution < -0.4 is 0 Å². The lowest BCUT2D eigenvalue weighted by molar-refractivity contribution is 0.549. The highest BCUT2D eigenvalue weighted by Crippen LogP contribution is 2.21. The Morgan fingerprint density at radius 2 is 1.28 bits per heavy atom. The second-order valence-corrected chi connectivity index (χ2v) is 7.01. The van der Waals surface area contributed by atoms with E-state index in [9.17, 15) is 0 Å². The lowest BCUT2D eigenvalue weighted by atomic mass is 10.0. The lowest BCUT2D eigenvalue weighted by Gasteiger charge is -2.08. The third kappa shape index (κ3) is 7.81. The molecular weight excluding hydrogens is 304 g/mol. The van der Waals surface area contributed by atoms with Crippen LogP contribution in [0.15, 0.2) is 42.7 Å². The quantitative estimate of drug-likeness (QED) is 0.367. The first-order chi connectivity index (χ1) is 12.4. The van der Waals surface area contributed by atoms with Crippen LogP contribution >= 0.6 is 0 Å². The van der Waals surface area contributed by atoms with Gasteiger partial charge in [-0.1, -0.05) is 83.3 Å². The number of aromatic nitrogens is 2. The van der Waals surface area contributed by atoms with Gasteiger partial charge in [0.15, 0.2) is 0 Å². The highest BCUT2D eigenvalue weighted by Gasteiger charge is 2.06. The van der Waals surface area contributed by atoms with E-state index in [1.165, 1.54) is 76.2 Å². The number of pyridine rings is 2. The van der Waals surface area contributed by atoms with Crippen molar-refractivity contribution in [2.45, 2.75) is 84.0 Å². The summed E-state index contributed by atoms with van der Waals surface area (Å²) in [4.78, 5) is 9.01. The standard InChI is InChI=1S/C23H34N2/c1-2-3-4-5-6-7-8-9-10-11-12-16-21-17-15-20-25-23(21)22-18-13-14-19-24-22/h13-15,17-20H,2-12,16H2,1H3. The van der Waals surface area contributed by atoms with Crippen LogP contribution in [0.25, 0.3) is 11.4 Å². The molecule has 0 atom stereocenters. The van der Waals surface area contributed by atoms with Gasteiger partial charge in [-0.25, -0.2) is 0 Å². The topological polar surface area (TPSA) is 25.8 Å². The van der Waals surface area contributed by atoms with Crippen molar-refractivity contribution >= 4 is 0 Å². The molecule has 136 valence electrons. The molecule has 0 radical (unpaired) electrons. The molecule has 2 aromatic heterocycles. The summed E-state index contributed by atoms with van der Waals surface area (Å²) < 4.78 is 0. The largest absolute Gasteiger partial charge is 0.255 e. The summed E-state index contributed by atoms with van der Waals surface area (Å²) in [5.74, 6) is 0. The molecule has 0 saturated heterocycles. The van der Waals surface area contributed by atoms with Gasteiger partial charge in [0.25, 0.3) is 0 Å². The zero-order valence-corrected chi connectivity index (χ0v) is 15.9. The first kappa shape index (κ1) is 19.6. The number of nitrogens with zero attached hydrogens (tertiary/aromatic N) is 2. The zero-order chi connectivity index (χ0) is 17.6. The SMILES string of the molecule is CCCCCCCCCCCCCc1cccnc1-c1ccccn1. The van der Waals surface area contributed by atoms with Gasteiger partial charge in [-0.3, -0.25) is 9.97 Å². The molecule has 0 unspecified atom stereocenters. The molecule has 0 aliphatic rings. The van der Waals surface area contributed by atoms with Crippen molar-refractivity contribution in [2.24, 2.45) is 0 Å². The van der Waals surface area contributed by atoms with Gasteiger partial charge < -0.3 is 0 Å². The molecule has 2 heterocycles. The fourth-order valence-electron chi connectivity index (χ4n) is 3.35. The van der Waals surface area contributed by atoms with Gasteiger partial charge in [0.2, 0.25) is 0 Å². The fraction of sp³-hybridized carbons (Fsp3) is 0.565. The number of unbranched alkanes of at least 4 members (excludes halogenated alkanes) is 10. The maximum absolute atomic E-state index is 4.56. The molecule has 25 heavy (non-hydrogen) atoms. The molecular formula is C23H34N2. The zero-order valence-electron chi connectivity index (χ0n) is 15.9. The van der Waals surface area contributed by atoms with Gasteiger partial charge in [-0.2, -0.15) is 0 Å². The van der Waals surface area contributed by atoms with Crippen molar-refractivity contribution in [3.8, 4) is 11.4 Å². The van der Waals surface area contributed by atoms with Crippen molar-refractivity contribution in [1.29, 1.82) is 0 Å². The number of hydrogen-bond acceptors (Lipinski definition) is 2. The molecule has 0 bridgehead atoms. The Morgan fingerprint density at radius 3 is 1.92 bits per heavy atom. The van der Waals surface area contributed by atoms with E-state index >= 15 is 0 Å². The number of hydrogen-bond donors (Lipinski definition) is 0. The minimum absolute atomic E-state index is 0.987. The average molecular weight is 339 g/mol. The molecule has 0 amide bonds. The van der Waals surface area contributed by atoms with Crippen LogP contribution in [-0.4, -0.2) is 9.97 Å². The van der Waals surface area contributed by atoms with Crippen molar-refractivity contribution in [2.75, 3.05) is 0 Å². The van der Waals surface area contributed by atoms with Gasteiger partial charge in [-0.15, -0.1) is 0 Å². The highest BCUT2D eigenvalue weighted by atomic mass is 14.8. The molecule has 2 nitrogen and oxygen atoms in total. The van der Waals surface area contributed by atoms with Crippen LogP contribution in [0.2, 0.25) is 0 Å². The summed E-state index contributed by atoms with van der Waals surface area (Å²) in [6.45, 7) is 2.28. The average Bonchev–Trinajstić information content (AvgIpc) is 2.67. The third-order valence-electron chi connectivity index (χ3n) is 4.85. The monoisotopic (exact) mass is 338 g/mol. The Morgan fingerprint density at radius 1 is 0.640 bits per heavy atom. The summed E-state index contributed by atoms with van der Waals surface area (Å²) >= 11 is 0. The summed E-state index contributed by atoms with van der Waals surface area (Å²) in [7, 11) is 0. The summed E-state index contributed by atoms with van der Waals surface area (Å²) in [6, 6.07) is 10.3. The molecule has 0 N–H and O–H groups in total. The highest BCUT2D eigenvalue weighted by molar-refractivity contribution is 5.58. The minimum Gasteiger partial charge on any atom is -0.255 e. The van der Waals surface area contributed by atoms with E-state index in [0.717, 1.165) is 17.8 Å². The van der Waals surface area contributed by atoms with Gasteiger partial charge >= 0.3 is 0 Å². The second-order valence-electron chi connectivity index (χ2n) is 7.01. The van der Waals surface area contributed by atoms with E-state index in [4.69, 9.17) is 0 Å². The van der Waals surface area contributed by atoms with Crippen molar-refractivity contribution in [3.05, 3.63) is 48.3 Å². The first-order valence-electron chi connectivity index (χ1n) is 10.3. The molecule has 2 rings (SSSR count).